The van der Waals surface area contributed by atoms with Crippen molar-refractivity contribution in [2.24, 2.45) is 46.8 Å². The molecule has 52 heavy (non-hydrogen) atoms. The molecule has 7 unspecified atom stereocenters. The van der Waals surface area contributed by atoms with Gasteiger partial charge in [0.05, 0.1) is 29.1 Å². The summed E-state index contributed by atoms with van der Waals surface area (Å²) in [5.74, 6) is -7.97. The van der Waals surface area contributed by atoms with Gasteiger partial charge in [-0.15, -0.1) is 0 Å². The summed E-state index contributed by atoms with van der Waals surface area (Å²) in [4.78, 5) is 42.0. The number of aliphatic hydroxyl groups excluding tert-OH is 1. The first-order valence-electron chi connectivity index (χ1n) is 19.7. The van der Waals surface area contributed by atoms with E-state index in [9.17, 15) is 39.9 Å². The number of carbonyl (C=O) groups excluding carboxylic acids is 3. The molecule has 0 amide bonds. The van der Waals surface area contributed by atoms with E-state index in [2.05, 4.69) is 11.8 Å². The number of aliphatic hydroxyl groups is 5. The van der Waals surface area contributed by atoms with Crippen molar-refractivity contribution in [1.82, 2.24) is 4.90 Å². The first kappa shape index (κ1) is 38.4. The predicted octanol–water partition coefficient (Wildman–Crippen LogP) is 2.07. The third-order valence-corrected chi connectivity index (χ3v) is 15.7. The summed E-state index contributed by atoms with van der Waals surface area (Å²) in [5, 5.41) is 62.4. The predicted molar refractivity (Wildman–Crippen MR) is 184 cm³/mol. The highest BCUT2D eigenvalue weighted by atomic mass is 16.7. The van der Waals surface area contributed by atoms with Gasteiger partial charge in [0.15, 0.2) is 17.8 Å². The zero-order valence-electron chi connectivity index (χ0n) is 32.0. The molecule has 7 aliphatic rings. The zero-order chi connectivity index (χ0) is 38.1. The minimum Gasteiger partial charge on any atom is -0.462 e. The molecule has 4 aliphatic carbocycles. The number of nitrogens with zero attached hydrogens (tertiary/aromatic N) is 1. The smallest absolute Gasteiger partial charge is 0.338 e. The molecule has 3 heterocycles. The van der Waals surface area contributed by atoms with E-state index in [1.807, 2.05) is 13.8 Å². The maximum atomic E-state index is 13.8. The van der Waals surface area contributed by atoms with Crippen molar-refractivity contribution in [3.8, 4) is 0 Å². The molecule has 0 aromatic rings. The average Bonchev–Trinajstić information content (AvgIpc) is 3.34. The Morgan fingerprint density at radius 3 is 2.37 bits per heavy atom. The standard InChI is InChI=1S/C39H61NO12/c1-9-20(4)32(43)50-27-13-14-34(6)25-15-24(49-21(5)41)30-37(34,52-39(25,27)48)16-23-22-18-40-17-19(3)11-12-26(40)36(8,46)28(22)29(42)31(38(23,30)47)51-33(44)35(7,45)10-2/h19-20,22-31,42,45-48H,9-18H2,1-8H3/t19-,20?,22?,23?,24+,25?,26-,27-,28?,29+,30?,31-,34-,35?,36+,37+,38-,39-/m0/s1. The number of piperidine rings is 2. The third kappa shape index (κ3) is 5.01. The molecule has 3 saturated heterocycles. The van der Waals surface area contributed by atoms with E-state index < -0.39 is 111 Å². The normalized spacial score (nSPS) is 52.2. The molecule has 0 radical (unpaired) electrons. The summed E-state index contributed by atoms with van der Waals surface area (Å²) in [5.41, 5.74) is -7.68. The van der Waals surface area contributed by atoms with Crippen molar-refractivity contribution in [3.05, 3.63) is 0 Å². The Hall–Kier alpha value is -1.87. The Morgan fingerprint density at radius 1 is 1.04 bits per heavy atom. The van der Waals surface area contributed by atoms with E-state index in [4.69, 9.17) is 18.9 Å². The molecule has 4 bridgehead atoms. The number of rotatable bonds is 7. The van der Waals surface area contributed by atoms with E-state index in [-0.39, 0.29) is 25.3 Å². The lowest BCUT2D eigenvalue weighted by atomic mass is 9.49. The van der Waals surface area contributed by atoms with Crippen molar-refractivity contribution in [2.75, 3.05) is 13.1 Å². The topological polar surface area (TPSA) is 193 Å². The summed E-state index contributed by atoms with van der Waals surface area (Å²) in [6.07, 6.45) is -2.13. The molecule has 0 aromatic carbocycles. The molecule has 5 N–H and O–H groups in total. The molecule has 13 nitrogen and oxygen atoms in total. The molecule has 7 fully saturated rings. The molecular weight excluding hydrogens is 674 g/mol. The highest BCUT2D eigenvalue weighted by Gasteiger charge is 2.87. The fourth-order valence-electron chi connectivity index (χ4n) is 12.8. The van der Waals surface area contributed by atoms with Crippen molar-refractivity contribution in [2.45, 2.75) is 165 Å². The van der Waals surface area contributed by atoms with Gasteiger partial charge in [0.2, 0.25) is 5.79 Å². The highest BCUT2D eigenvalue weighted by Crippen LogP contribution is 2.77. The monoisotopic (exact) mass is 735 g/mol. The van der Waals surface area contributed by atoms with E-state index in [0.717, 1.165) is 13.0 Å². The van der Waals surface area contributed by atoms with Crippen molar-refractivity contribution in [3.63, 3.8) is 0 Å². The fraction of sp³-hybridized carbons (Fsp3) is 0.923. The van der Waals surface area contributed by atoms with Crippen molar-refractivity contribution < 1.29 is 58.9 Å². The minimum absolute atomic E-state index is 0.00554. The van der Waals surface area contributed by atoms with Crippen LogP contribution in [0.5, 0.6) is 0 Å². The van der Waals surface area contributed by atoms with E-state index in [1.165, 1.54) is 13.8 Å². The van der Waals surface area contributed by atoms with E-state index >= 15 is 0 Å². The Labute approximate surface area is 306 Å². The maximum Gasteiger partial charge on any atom is 0.338 e. The third-order valence-electron chi connectivity index (χ3n) is 15.7. The zero-order valence-corrected chi connectivity index (χ0v) is 32.0. The van der Waals surface area contributed by atoms with Gasteiger partial charge in [0.1, 0.15) is 11.7 Å². The number of ether oxygens (including phenoxy) is 4. The van der Waals surface area contributed by atoms with Gasteiger partial charge in [-0.3, -0.25) is 14.5 Å². The SMILES string of the molecule is CCC(C)C(=O)O[C@H]1CC[C@@]2(C)C3C[C@@H](OC(C)=O)C4[C@@]5(O)C(C[C@@]42O[C@@]31O)C1CN2C[C@@H](C)CC[C@H]2[C@@](C)(O)C1[C@@H](O)[C@@H]5OC(=O)C(C)(O)CC. The second-order valence-corrected chi connectivity index (χ2v) is 18.6. The summed E-state index contributed by atoms with van der Waals surface area (Å²) >= 11 is 0. The second kappa shape index (κ2) is 12.3. The van der Waals surface area contributed by atoms with Gasteiger partial charge in [0, 0.05) is 43.3 Å². The van der Waals surface area contributed by atoms with Gasteiger partial charge >= 0.3 is 17.9 Å². The first-order chi connectivity index (χ1) is 24.1. The van der Waals surface area contributed by atoms with Crippen molar-refractivity contribution in [1.29, 1.82) is 0 Å². The quantitative estimate of drug-likeness (QED) is 0.189. The van der Waals surface area contributed by atoms with Gasteiger partial charge in [-0.05, 0) is 83.0 Å². The van der Waals surface area contributed by atoms with Gasteiger partial charge in [-0.25, -0.2) is 4.79 Å². The first-order valence-corrected chi connectivity index (χ1v) is 19.7. The van der Waals surface area contributed by atoms with E-state index in [1.54, 1.807) is 20.8 Å². The van der Waals surface area contributed by atoms with Crippen LogP contribution in [-0.4, -0.2) is 120 Å². The molecule has 4 saturated carbocycles. The molecule has 0 aromatic heterocycles. The Kier molecular flexibility index (Phi) is 9.10. The van der Waals surface area contributed by atoms with Crippen LogP contribution in [-0.2, 0) is 33.3 Å². The minimum atomic E-state index is -2.09. The van der Waals surface area contributed by atoms with E-state index in [0.29, 0.717) is 38.1 Å². The number of hydrogen-bond donors (Lipinski definition) is 5. The summed E-state index contributed by atoms with van der Waals surface area (Å²) in [7, 11) is 0. The molecular formula is C39H61NO12. The summed E-state index contributed by atoms with van der Waals surface area (Å²) < 4.78 is 25.2. The lowest BCUT2D eigenvalue weighted by molar-refractivity contribution is -0.301. The molecule has 18 atom stereocenters. The summed E-state index contributed by atoms with van der Waals surface area (Å²) in [6, 6.07) is -0.276. The Bertz CT molecular complexity index is 1470. The van der Waals surface area contributed by atoms with Crippen LogP contribution >= 0.6 is 0 Å². The number of carbonyl (C=O) groups is 3. The van der Waals surface area contributed by atoms with Crippen LogP contribution in [0.25, 0.3) is 0 Å². The van der Waals surface area contributed by atoms with Crippen LogP contribution in [0.1, 0.15) is 107 Å². The van der Waals surface area contributed by atoms with Crippen LogP contribution in [0.2, 0.25) is 0 Å². The van der Waals surface area contributed by atoms with Gasteiger partial charge in [0.25, 0.3) is 0 Å². The molecule has 3 aliphatic heterocycles. The number of fused-ring (bicyclic) bond motifs is 5. The Balaban J connectivity index is 1.40. The van der Waals surface area contributed by atoms with Crippen LogP contribution < -0.4 is 0 Å². The molecule has 294 valence electrons. The Morgan fingerprint density at radius 2 is 1.73 bits per heavy atom. The van der Waals surface area contributed by atoms with Crippen LogP contribution in [0, 0.1) is 46.8 Å². The average molecular weight is 736 g/mol. The fourth-order valence-corrected chi connectivity index (χ4v) is 12.8. The van der Waals surface area contributed by atoms with Crippen LogP contribution in [0.15, 0.2) is 0 Å². The largest absolute Gasteiger partial charge is 0.462 e. The molecule has 1 spiro atoms. The highest BCUT2D eigenvalue weighted by molar-refractivity contribution is 5.79. The number of esters is 3. The van der Waals surface area contributed by atoms with Crippen LogP contribution in [0.4, 0.5) is 0 Å². The lowest BCUT2D eigenvalue weighted by Crippen LogP contribution is -2.77. The van der Waals surface area contributed by atoms with Gasteiger partial charge in [-0.1, -0.05) is 34.6 Å². The second-order valence-electron chi connectivity index (χ2n) is 18.6. The number of hydrogen-bond acceptors (Lipinski definition) is 13. The van der Waals surface area contributed by atoms with Crippen LogP contribution in [0.3, 0.4) is 0 Å². The van der Waals surface area contributed by atoms with Gasteiger partial charge in [-0.2, -0.15) is 0 Å². The summed E-state index contributed by atoms with van der Waals surface area (Å²) in [6.45, 7) is 14.9. The maximum absolute atomic E-state index is 13.8. The van der Waals surface area contributed by atoms with Gasteiger partial charge < -0.3 is 44.5 Å². The molecule has 7 rings (SSSR count). The molecule has 13 heteroatoms. The van der Waals surface area contributed by atoms with Crippen molar-refractivity contribution >= 4 is 17.9 Å². The lowest BCUT2D eigenvalue weighted by Gasteiger charge is -2.64.